The van der Waals surface area contributed by atoms with Crippen molar-refractivity contribution in [3.63, 3.8) is 0 Å². The van der Waals surface area contributed by atoms with Crippen molar-refractivity contribution >= 4 is 6.03 Å². The highest BCUT2D eigenvalue weighted by molar-refractivity contribution is 5.72. The van der Waals surface area contributed by atoms with Gasteiger partial charge in [0.15, 0.2) is 0 Å². The quantitative estimate of drug-likeness (QED) is 0.334. The number of hydrogen-bond donors (Lipinski definition) is 5. The summed E-state index contributed by atoms with van der Waals surface area (Å²) in [6.07, 6.45) is -2.22. The van der Waals surface area contributed by atoms with Crippen molar-refractivity contribution in [3.05, 3.63) is 0 Å². The van der Waals surface area contributed by atoms with Crippen molar-refractivity contribution in [1.29, 1.82) is 0 Å². The Labute approximate surface area is 92.8 Å². The molecule has 0 unspecified atom stereocenters. The molecule has 2 rings (SSSR count). The molecule has 92 valence electrons. The number of aliphatic hydroxyl groups is 3. The van der Waals surface area contributed by atoms with Crippen molar-refractivity contribution < 1.29 is 20.1 Å². The average molecular weight is 231 g/mol. The topological polar surface area (TPSA) is 119 Å². The first-order valence-electron chi connectivity index (χ1n) is 5.35. The van der Waals surface area contributed by atoms with E-state index in [9.17, 15) is 20.1 Å². The molecule has 0 aromatic carbocycles. The summed E-state index contributed by atoms with van der Waals surface area (Å²) in [7, 11) is 0. The Hall–Kier alpha value is -0.890. The van der Waals surface area contributed by atoms with Gasteiger partial charge in [-0.3, -0.25) is 4.90 Å². The van der Waals surface area contributed by atoms with Crippen molar-refractivity contribution in [2.24, 2.45) is 5.73 Å². The van der Waals surface area contributed by atoms with Gasteiger partial charge in [-0.2, -0.15) is 0 Å². The van der Waals surface area contributed by atoms with Gasteiger partial charge >= 0.3 is 6.03 Å². The summed E-state index contributed by atoms with van der Waals surface area (Å²) in [5, 5.41) is 31.7. The van der Waals surface area contributed by atoms with Crippen LogP contribution in [-0.2, 0) is 0 Å². The first-order valence-corrected chi connectivity index (χ1v) is 5.35. The molecule has 2 aliphatic heterocycles. The lowest BCUT2D eigenvalue weighted by molar-refractivity contribution is -0.0991. The number of nitrogens with one attached hydrogen (secondary N) is 1. The highest BCUT2D eigenvalue weighted by Crippen LogP contribution is 2.28. The zero-order chi connectivity index (χ0) is 11.9. The molecule has 0 radical (unpaired) electrons. The van der Waals surface area contributed by atoms with E-state index in [2.05, 4.69) is 5.32 Å². The summed E-state index contributed by atoms with van der Waals surface area (Å²) < 4.78 is 0. The van der Waals surface area contributed by atoms with Gasteiger partial charge in [0.05, 0.1) is 24.3 Å². The molecular weight excluding hydrogens is 214 g/mol. The number of nitrogens with zero attached hydrogens (tertiary/aromatic N) is 1. The van der Waals surface area contributed by atoms with E-state index in [0.29, 0.717) is 19.5 Å². The van der Waals surface area contributed by atoms with Gasteiger partial charge in [0, 0.05) is 13.1 Å². The molecule has 0 saturated carbocycles. The molecule has 2 amide bonds. The van der Waals surface area contributed by atoms with E-state index in [1.165, 1.54) is 0 Å². The molecule has 0 aliphatic carbocycles. The minimum Gasteiger partial charge on any atom is -0.391 e. The molecule has 0 aromatic rings. The lowest BCUT2D eigenvalue weighted by Gasteiger charge is -2.42. The molecule has 2 heterocycles. The summed E-state index contributed by atoms with van der Waals surface area (Å²) in [4.78, 5) is 12.6. The molecule has 0 aromatic heterocycles. The number of primary amides is 1. The standard InChI is InChI=1S/C9H17N3O4/c10-9(16)11-4-3-12-2-1-5(13)6(12)8(15)7(4)14/h4-8,13-15H,1-3H2,(H3,10,11,16)/t4-,5-,6+,7+,8+/m0/s1. The maximum Gasteiger partial charge on any atom is 0.312 e. The van der Waals surface area contributed by atoms with Crippen molar-refractivity contribution in [2.45, 2.75) is 36.8 Å². The van der Waals surface area contributed by atoms with Crippen molar-refractivity contribution in [3.8, 4) is 0 Å². The second kappa shape index (κ2) is 4.17. The highest BCUT2D eigenvalue weighted by atomic mass is 16.3. The van der Waals surface area contributed by atoms with Gasteiger partial charge in [-0.15, -0.1) is 0 Å². The number of hydrogen-bond acceptors (Lipinski definition) is 5. The van der Waals surface area contributed by atoms with E-state index < -0.39 is 36.4 Å². The summed E-state index contributed by atoms with van der Waals surface area (Å²) >= 11 is 0. The Morgan fingerprint density at radius 2 is 2.00 bits per heavy atom. The Kier molecular flexibility index (Phi) is 3.02. The van der Waals surface area contributed by atoms with Crippen LogP contribution in [0.1, 0.15) is 6.42 Å². The maximum absolute atomic E-state index is 10.7. The summed E-state index contributed by atoms with van der Waals surface area (Å²) in [5.41, 5.74) is 4.98. The molecule has 2 saturated heterocycles. The van der Waals surface area contributed by atoms with Crippen molar-refractivity contribution in [1.82, 2.24) is 10.2 Å². The van der Waals surface area contributed by atoms with Crippen LogP contribution in [0.4, 0.5) is 4.79 Å². The van der Waals surface area contributed by atoms with Crippen LogP contribution in [-0.4, -0.2) is 69.7 Å². The first-order chi connectivity index (χ1) is 7.50. The SMILES string of the molecule is NC(=O)N[C@H]1CN2CC[C@H](O)[C@@H]2[C@@H](O)[C@@H]1O. The van der Waals surface area contributed by atoms with Crippen LogP contribution in [0.3, 0.4) is 0 Å². The van der Waals surface area contributed by atoms with Gasteiger partial charge in [-0.05, 0) is 6.42 Å². The predicted octanol–water partition coefficient (Wildman–Crippen LogP) is -2.81. The fourth-order valence-electron chi connectivity index (χ4n) is 2.63. The van der Waals surface area contributed by atoms with Gasteiger partial charge in [-0.1, -0.05) is 0 Å². The Morgan fingerprint density at radius 3 is 2.62 bits per heavy atom. The van der Waals surface area contributed by atoms with E-state index in [0.717, 1.165) is 0 Å². The third-order valence-corrected chi connectivity index (χ3v) is 3.40. The molecule has 5 atom stereocenters. The normalized spacial score (nSPS) is 44.1. The molecule has 7 nitrogen and oxygen atoms in total. The Balaban J connectivity index is 2.09. The fourth-order valence-corrected chi connectivity index (χ4v) is 2.63. The van der Waals surface area contributed by atoms with Crippen LogP contribution in [0.15, 0.2) is 0 Å². The van der Waals surface area contributed by atoms with Crippen molar-refractivity contribution in [2.75, 3.05) is 13.1 Å². The number of piperidine rings is 1. The molecule has 2 fully saturated rings. The largest absolute Gasteiger partial charge is 0.391 e. The monoisotopic (exact) mass is 231 g/mol. The lowest BCUT2D eigenvalue weighted by atomic mass is 9.91. The van der Waals surface area contributed by atoms with Gasteiger partial charge in [0.25, 0.3) is 0 Å². The smallest absolute Gasteiger partial charge is 0.312 e. The second-order valence-electron chi connectivity index (χ2n) is 4.44. The Bertz CT molecular complexity index is 288. The number of aliphatic hydroxyl groups excluding tert-OH is 3. The Morgan fingerprint density at radius 1 is 1.31 bits per heavy atom. The van der Waals surface area contributed by atoms with Gasteiger partial charge in [0.2, 0.25) is 0 Å². The van der Waals surface area contributed by atoms with Crippen LogP contribution in [0.25, 0.3) is 0 Å². The van der Waals surface area contributed by atoms with E-state index in [-0.39, 0.29) is 0 Å². The van der Waals surface area contributed by atoms with Crippen LogP contribution in [0, 0.1) is 0 Å². The number of nitrogens with two attached hydrogens (primary N) is 1. The van der Waals surface area contributed by atoms with Gasteiger partial charge in [-0.25, -0.2) is 4.79 Å². The fraction of sp³-hybridized carbons (Fsp3) is 0.889. The third-order valence-electron chi connectivity index (χ3n) is 3.40. The molecule has 7 heteroatoms. The van der Waals surface area contributed by atoms with E-state index in [1.807, 2.05) is 4.90 Å². The average Bonchev–Trinajstić information content (AvgIpc) is 2.55. The van der Waals surface area contributed by atoms with Crippen LogP contribution >= 0.6 is 0 Å². The van der Waals surface area contributed by atoms with Gasteiger partial charge < -0.3 is 26.4 Å². The number of rotatable bonds is 1. The van der Waals surface area contributed by atoms with Crippen LogP contribution < -0.4 is 11.1 Å². The lowest BCUT2D eigenvalue weighted by Crippen LogP contribution is -2.66. The number of urea groups is 1. The summed E-state index contributed by atoms with van der Waals surface area (Å²) in [6, 6.07) is -1.76. The van der Waals surface area contributed by atoms with Gasteiger partial charge in [0.1, 0.15) is 6.10 Å². The molecule has 2 aliphatic rings. The predicted molar refractivity (Wildman–Crippen MR) is 54.5 cm³/mol. The minimum atomic E-state index is -1.10. The van der Waals surface area contributed by atoms with Crippen LogP contribution in [0.2, 0.25) is 0 Å². The number of amides is 2. The minimum absolute atomic E-state index is 0.392. The molecule has 16 heavy (non-hydrogen) atoms. The molecule has 0 bridgehead atoms. The van der Waals surface area contributed by atoms with E-state index >= 15 is 0 Å². The van der Waals surface area contributed by atoms with Crippen LogP contribution in [0.5, 0.6) is 0 Å². The van der Waals surface area contributed by atoms with E-state index in [4.69, 9.17) is 5.73 Å². The molecule has 6 N–H and O–H groups in total. The number of carbonyl (C=O) groups excluding carboxylic acids is 1. The maximum atomic E-state index is 10.7. The zero-order valence-electron chi connectivity index (χ0n) is 8.78. The highest BCUT2D eigenvalue weighted by Gasteiger charge is 2.48. The molecular formula is C9H17N3O4. The summed E-state index contributed by atoms with van der Waals surface area (Å²) in [6.45, 7) is 1.04. The number of fused-ring (bicyclic) bond motifs is 1. The second-order valence-corrected chi connectivity index (χ2v) is 4.44. The first kappa shape index (κ1) is 11.6. The molecule has 0 spiro atoms. The van der Waals surface area contributed by atoms with E-state index in [1.54, 1.807) is 0 Å². The number of carbonyl (C=O) groups is 1. The third kappa shape index (κ3) is 1.86. The zero-order valence-corrected chi connectivity index (χ0v) is 8.78. The summed E-state index contributed by atoms with van der Waals surface area (Å²) in [5.74, 6) is 0.